The largest absolute Gasteiger partial charge is 0.472 e. The summed E-state index contributed by atoms with van der Waals surface area (Å²) in [6, 6.07) is 0. The van der Waals surface area contributed by atoms with Crippen LogP contribution in [0, 0.1) is 0 Å². The molecule has 0 bridgehead atoms. The molecule has 328 valence electrons. The van der Waals surface area contributed by atoms with Crippen LogP contribution in [0.5, 0.6) is 0 Å². The number of ether oxygens (including phenoxy) is 2. The van der Waals surface area contributed by atoms with Gasteiger partial charge in [-0.3, -0.25) is 13.8 Å². The van der Waals surface area contributed by atoms with Crippen LogP contribution in [0.1, 0.15) is 155 Å². The first-order chi connectivity index (χ1) is 27.6. The van der Waals surface area contributed by atoms with Crippen LogP contribution in [0.15, 0.2) is 85.1 Å². The van der Waals surface area contributed by atoms with Crippen LogP contribution < -0.4 is 0 Å². The SMILES string of the molecule is CC/C=C\C/C=C\C/C=C\C/C=C\C/C=C\CCCCCC(=O)OC(COCCCCCCCC/C=C\C/C=C\CCCCC)COP(=O)(O)OCC[N+](C)(C)C. The predicted molar refractivity (Wildman–Crippen MR) is 242 cm³/mol. The molecular weight excluding hydrogens is 734 g/mol. The van der Waals surface area contributed by atoms with E-state index in [1.807, 2.05) is 21.1 Å². The van der Waals surface area contributed by atoms with Gasteiger partial charge in [0, 0.05) is 13.0 Å². The zero-order chi connectivity index (χ0) is 42.0. The fourth-order valence-electron chi connectivity index (χ4n) is 5.49. The van der Waals surface area contributed by atoms with E-state index < -0.39 is 13.9 Å². The summed E-state index contributed by atoms with van der Waals surface area (Å²) in [4.78, 5) is 22.9. The molecule has 57 heavy (non-hydrogen) atoms. The Bertz CT molecular complexity index is 1180. The molecule has 0 amide bonds. The summed E-state index contributed by atoms with van der Waals surface area (Å²) in [6.45, 7) is 5.39. The Hall–Kier alpha value is -2.32. The molecule has 0 rings (SSSR count). The van der Waals surface area contributed by atoms with E-state index in [1.54, 1.807) is 0 Å². The molecule has 0 aromatic carbocycles. The molecule has 2 unspecified atom stereocenters. The predicted octanol–water partition coefficient (Wildman–Crippen LogP) is 13.3. The zero-order valence-corrected chi connectivity index (χ0v) is 37.9. The van der Waals surface area contributed by atoms with Gasteiger partial charge >= 0.3 is 13.8 Å². The number of quaternary nitrogens is 1. The molecule has 0 saturated heterocycles. The Morgan fingerprint density at radius 3 is 1.53 bits per heavy atom. The van der Waals surface area contributed by atoms with Crippen molar-refractivity contribution in [2.24, 2.45) is 0 Å². The molecule has 0 aliphatic heterocycles. The van der Waals surface area contributed by atoms with Crippen molar-refractivity contribution in [3.8, 4) is 0 Å². The topological polar surface area (TPSA) is 91.3 Å². The summed E-state index contributed by atoms with van der Waals surface area (Å²) in [5.74, 6) is -0.352. The van der Waals surface area contributed by atoms with Crippen LogP contribution in [0.4, 0.5) is 0 Å². The molecule has 1 N–H and O–H groups in total. The van der Waals surface area contributed by atoms with Crippen molar-refractivity contribution in [1.29, 1.82) is 0 Å². The maximum absolute atomic E-state index is 12.7. The van der Waals surface area contributed by atoms with E-state index in [0.717, 1.165) is 89.9 Å². The van der Waals surface area contributed by atoms with Gasteiger partial charge in [0.1, 0.15) is 19.3 Å². The second kappa shape index (κ2) is 40.5. The van der Waals surface area contributed by atoms with Gasteiger partial charge in [0.05, 0.1) is 34.4 Å². The first-order valence-electron chi connectivity index (χ1n) is 22.3. The number of carbonyl (C=O) groups excluding carboxylic acids is 1. The zero-order valence-electron chi connectivity index (χ0n) is 37.0. The summed E-state index contributed by atoms with van der Waals surface area (Å²) in [7, 11) is 1.62. The Morgan fingerprint density at radius 1 is 0.561 bits per heavy atom. The number of nitrogens with zero attached hydrogens (tertiary/aromatic N) is 1. The number of esters is 1. The quantitative estimate of drug-likeness (QED) is 0.0216. The monoisotopic (exact) mass is 819 g/mol. The Balaban J connectivity index is 4.34. The first-order valence-corrected chi connectivity index (χ1v) is 23.8. The average molecular weight is 819 g/mol. The summed E-state index contributed by atoms with van der Waals surface area (Å²) in [6.07, 6.45) is 53.3. The van der Waals surface area contributed by atoms with E-state index in [2.05, 4.69) is 98.9 Å². The van der Waals surface area contributed by atoms with Gasteiger partial charge in [-0.25, -0.2) is 4.57 Å². The summed E-state index contributed by atoms with van der Waals surface area (Å²) in [5, 5.41) is 0. The molecule has 0 radical (unpaired) electrons. The Labute approximate surface area is 350 Å². The highest BCUT2D eigenvalue weighted by Gasteiger charge is 2.26. The van der Waals surface area contributed by atoms with Crippen LogP contribution in [-0.4, -0.2) is 75.6 Å². The van der Waals surface area contributed by atoms with Crippen molar-refractivity contribution >= 4 is 13.8 Å². The van der Waals surface area contributed by atoms with Gasteiger partial charge in [-0.1, -0.05) is 144 Å². The Kier molecular flexibility index (Phi) is 38.8. The third-order valence-corrected chi connectivity index (χ3v) is 9.92. The molecule has 0 spiro atoms. The van der Waals surface area contributed by atoms with E-state index in [1.165, 1.54) is 44.9 Å². The number of phosphoric acid groups is 1. The minimum absolute atomic E-state index is 0.0748. The third kappa shape index (κ3) is 44.6. The molecule has 0 fully saturated rings. The number of hydrogen-bond donors (Lipinski definition) is 1. The summed E-state index contributed by atoms with van der Waals surface area (Å²) < 4.78 is 35.0. The van der Waals surface area contributed by atoms with Crippen LogP contribution in [-0.2, 0) is 27.9 Å². The minimum Gasteiger partial charge on any atom is -0.457 e. The van der Waals surface area contributed by atoms with Crippen LogP contribution in [0.2, 0.25) is 0 Å². The van der Waals surface area contributed by atoms with Gasteiger partial charge in [0.15, 0.2) is 0 Å². The number of allylic oxidation sites excluding steroid dienone is 14. The van der Waals surface area contributed by atoms with E-state index in [9.17, 15) is 14.3 Å². The lowest BCUT2D eigenvalue weighted by Gasteiger charge is -2.24. The molecule has 0 heterocycles. The van der Waals surface area contributed by atoms with Crippen molar-refractivity contribution in [2.75, 3.05) is 54.1 Å². The maximum atomic E-state index is 12.7. The molecule has 8 nitrogen and oxygen atoms in total. The number of rotatable bonds is 40. The molecule has 0 aliphatic rings. The second-order valence-electron chi connectivity index (χ2n) is 15.7. The minimum atomic E-state index is -4.29. The first kappa shape index (κ1) is 54.7. The number of phosphoric ester groups is 1. The van der Waals surface area contributed by atoms with Gasteiger partial charge in [-0.15, -0.1) is 0 Å². The number of likely N-dealkylation sites (N-methyl/N-ethyl adjacent to an activating group) is 1. The van der Waals surface area contributed by atoms with Gasteiger partial charge in [0.2, 0.25) is 0 Å². The number of hydrogen-bond acceptors (Lipinski definition) is 6. The normalized spacial score (nSPS) is 14.6. The van der Waals surface area contributed by atoms with Crippen molar-refractivity contribution < 1.29 is 37.3 Å². The van der Waals surface area contributed by atoms with Crippen molar-refractivity contribution in [3.63, 3.8) is 0 Å². The highest BCUT2D eigenvalue weighted by molar-refractivity contribution is 7.47. The second-order valence-corrected chi connectivity index (χ2v) is 17.1. The van der Waals surface area contributed by atoms with Crippen LogP contribution >= 0.6 is 7.82 Å². The maximum Gasteiger partial charge on any atom is 0.472 e. The number of carbonyl (C=O) groups is 1. The van der Waals surface area contributed by atoms with Crippen molar-refractivity contribution in [1.82, 2.24) is 0 Å². The van der Waals surface area contributed by atoms with Gasteiger partial charge in [-0.05, 0) is 89.9 Å². The third-order valence-electron chi connectivity index (χ3n) is 8.94. The molecule has 2 atom stereocenters. The van der Waals surface area contributed by atoms with Crippen molar-refractivity contribution in [2.45, 2.75) is 161 Å². The van der Waals surface area contributed by atoms with E-state index >= 15 is 0 Å². The highest BCUT2D eigenvalue weighted by atomic mass is 31.2. The molecule has 0 aromatic rings. The lowest BCUT2D eigenvalue weighted by molar-refractivity contribution is -0.870. The molecular formula is C48H85NO7P+. The molecule has 9 heteroatoms. The Morgan fingerprint density at radius 2 is 1.02 bits per heavy atom. The van der Waals surface area contributed by atoms with Gasteiger partial charge in [0.25, 0.3) is 0 Å². The fourth-order valence-corrected chi connectivity index (χ4v) is 6.23. The van der Waals surface area contributed by atoms with E-state index in [0.29, 0.717) is 17.6 Å². The van der Waals surface area contributed by atoms with E-state index in [4.69, 9.17) is 18.5 Å². The molecule has 0 saturated carbocycles. The standard InChI is InChI=1S/C48H84NO7P/c1-6-8-10-12-14-16-18-20-22-24-25-26-27-29-31-33-35-37-39-41-48(50)56-47(46-55-57(51,52)54-44-42-49(3,4)5)45-53-43-40-38-36-34-32-30-28-23-21-19-17-15-13-11-9-7-2/h8,10,14-17,20-23,25-26,29,31,47H,6-7,9,11-13,18-19,24,27-28,30,32-46H2,1-5H3/p+1/b10-8-,16-14-,17-15-,22-20-,23-21-,26-25-,31-29-. The number of unbranched alkanes of at least 4 members (excludes halogenated alkanes) is 12. The average Bonchev–Trinajstić information content (AvgIpc) is 3.16. The van der Waals surface area contributed by atoms with E-state index in [-0.39, 0.29) is 32.2 Å². The van der Waals surface area contributed by atoms with Crippen molar-refractivity contribution in [3.05, 3.63) is 85.1 Å². The fraction of sp³-hybridized carbons (Fsp3) is 0.688. The lowest BCUT2D eigenvalue weighted by atomic mass is 10.1. The molecule has 0 aromatic heterocycles. The molecule has 0 aliphatic carbocycles. The smallest absolute Gasteiger partial charge is 0.457 e. The summed E-state index contributed by atoms with van der Waals surface area (Å²) in [5.41, 5.74) is 0. The van der Waals surface area contributed by atoms with Gasteiger partial charge < -0.3 is 18.9 Å². The highest BCUT2D eigenvalue weighted by Crippen LogP contribution is 2.43. The lowest BCUT2D eigenvalue weighted by Crippen LogP contribution is -2.37. The van der Waals surface area contributed by atoms with Crippen LogP contribution in [0.25, 0.3) is 0 Å². The van der Waals surface area contributed by atoms with Gasteiger partial charge in [-0.2, -0.15) is 0 Å². The summed E-state index contributed by atoms with van der Waals surface area (Å²) >= 11 is 0. The van der Waals surface area contributed by atoms with Crippen LogP contribution in [0.3, 0.4) is 0 Å².